The van der Waals surface area contributed by atoms with E-state index >= 15 is 0 Å². The number of furan rings is 1. The van der Waals surface area contributed by atoms with Crippen LogP contribution in [0.25, 0.3) is 0 Å². The Labute approximate surface area is 115 Å². The van der Waals surface area contributed by atoms with E-state index in [4.69, 9.17) is 10.3 Å². The molecule has 4 heteroatoms. The average molecular weight is 263 g/mol. The third kappa shape index (κ3) is 2.33. The topological polar surface area (TPSA) is 54.4 Å². The van der Waals surface area contributed by atoms with Crippen LogP contribution in [0.2, 0.25) is 0 Å². The van der Waals surface area contributed by atoms with Gasteiger partial charge in [0.15, 0.2) is 0 Å². The normalized spacial score (nSPS) is 25.5. The maximum Gasteiger partial charge on any atom is 0.0951 e. The molecule has 1 unspecified atom stereocenters. The Bertz CT molecular complexity index is 378. The van der Waals surface area contributed by atoms with Crippen LogP contribution in [0.15, 0.2) is 23.0 Å². The lowest BCUT2D eigenvalue weighted by molar-refractivity contribution is 0.0358. The van der Waals surface area contributed by atoms with E-state index in [-0.39, 0.29) is 11.6 Å². The van der Waals surface area contributed by atoms with Crippen molar-refractivity contribution in [2.75, 3.05) is 13.1 Å². The minimum absolute atomic E-state index is 0.187. The Morgan fingerprint density at radius 3 is 2.47 bits per heavy atom. The maximum atomic E-state index is 5.92. The highest BCUT2D eigenvalue weighted by Crippen LogP contribution is 2.45. The van der Waals surface area contributed by atoms with Gasteiger partial charge in [-0.1, -0.05) is 19.3 Å². The van der Waals surface area contributed by atoms with Gasteiger partial charge in [-0.15, -0.1) is 0 Å². The van der Waals surface area contributed by atoms with Crippen LogP contribution >= 0.6 is 0 Å². The molecular formula is C15H25N3O. The third-order valence-corrected chi connectivity index (χ3v) is 5.04. The van der Waals surface area contributed by atoms with Gasteiger partial charge in [0.05, 0.1) is 18.6 Å². The van der Waals surface area contributed by atoms with Gasteiger partial charge in [-0.05, 0) is 44.8 Å². The second kappa shape index (κ2) is 5.65. The second-order valence-corrected chi connectivity index (χ2v) is 6.01. The van der Waals surface area contributed by atoms with Crippen LogP contribution in [0.3, 0.4) is 0 Å². The number of likely N-dealkylation sites (tertiary alicyclic amines) is 1. The second-order valence-electron chi connectivity index (χ2n) is 6.01. The summed E-state index contributed by atoms with van der Waals surface area (Å²) in [4.78, 5) is 2.70. The van der Waals surface area contributed by atoms with Gasteiger partial charge in [0.1, 0.15) is 0 Å². The largest absolute Gasteiger partial charge is 0.472 e. The van der Waals surface area contributed by atoms with Gasteiger partial charge in [0, 0.05) is 11.1 Å². The van der Waals surface area contributed by atoms with Crippen LogP contribution in [-0.2, 0) is 0 Å². The molecule has 0 bridgehead atoms. The van der Waals surface area contributed by atoms with Crippen molar-refractivity contribution in [3.63, 3.8) is 0 Å². The predicted octanol–water partition coefficient (Wildman–Crippen LogP) is 2.58. The summed E-state index contributed by atoms with van der Waals surface area (Å²) >= 11 is 0. The highest BCUT2D eigenvalue weighted by atomic mass is 16.3. The summed E-state index contributed by atoms with van der Waals surface area (Å²) in [6.45, 7) is 2.44. The first kappa shape index (κ1) is 13.2. The quantitative estimate of drug-likeness (QED) is 0.647. The number of nitrogens with two attached hydrogens (primary N) is 1. The molecule has 19 heavy (non-hydrogen) atoms. The fraction of sp³-hybridized carbons (Fsp3) is 0.733. The summed E-state index contributed by atoms with van der Waals surface area (Å²) in [6.07, 6.45) is 12.7. The molecule has 2 heterocycles. The molecule has 0 radical (unpaired) electrons. The molecule has 3 rings (SSSR count). The lowest BCUT2D eigenvalue weighted by Gasteiger charge is -2.48. The highest BCUT2D eigenvalue weighted by molar-refractivity contribution is 5.20. The molecule has 0 spiro atoms. The van der Waals surface area contributed by atoms with Crippen molar-refractivity contribution >= 4 is 0 Å². The van der Waals surface area contributed by atoms with E-state index in [0.29, 0.717) is 0 Å². The number of hydrogen-bond acceptors (Lipinski definition) is 4. The molecule has 106 valence electrons. The molecule has 0 aromatic carbocycles. The summed E-state index contributed by atoms with van der Waals surface area (Å²) in [5.41, 5.74) is 4.47. The highest BCUT2D eigenvalue weighted by Gasteiger charge is 2.46. The first-order chi connectivity index (χ1) is 9.37. The molecule has 2 aliphatic rings. The van der Waals surface area contributed by atoms with Gasteiger partial charge >= 0.3 is 0 Å². The van der Waals surface area contributed by atoms with Crippen molar-refractivity contribution in [3.05, 3.63) is 24.2 Å². The number of hydrogen-bond donors (Lipinski definition) is 2. The summed E-state index contributed by atoms with van der Waals surface area (Å²) in [5, 5.41) is 0. The lowest BCUT2D eigenvalue weighted by atomic mass is 9.82. The minimum atomic E-state index is 0.187. The number of rotatable bonds is 4. The van der Waals surface area contributed by atoms with Crippen LogP contribution < -0.4 is 11.3 Å². The van der Waals surface area contributed by atoms with Crippen LogP contribution in [0.1, 0.15) is 56.6 Å². The zero-order chi connectivity index (χ0) is 13.1. The summed E-state index contributed by atoms with van der Waals surface area (Å²) < 4.78 is 5.28. The maximum absolute atomic E-state index is 5.92. The van der Waals surface area contributed by atoms with Crippen molar-refractivity contribution in [1.82, 2.24) is 10.3 Å². The van der Waals surface area contributed by atoms with Crippen LogP contribution in [0.4, 0.5) is 0 Å². The zero-order valence-corrected chi connectivity index (χ0v) is 11.6. The fourth-order valence-corrected chi connectivity index (χ4v) is 4.11. The molecule has 1 atom stereocenters. The number of nitrogens with one attached hydrogen (secondary N) is 1. The van der Waals surface area contributed by atoms with Gasteiger partial charge in [0.25, 0.3) is 0 Å². The van der Waals surface area contributed by atoms with E-state index in [9.17, 15) is 0 Å². The summed E-state index contributed by atoms with van der Waals surface area (Å²) in [5.74, 6) is 5.92. The van der Waals surface area contributed by atoms with E-state index in [1.54, 1.807) is 6.26 Å². The van der Waals surface area contributed by atoms with Gasteiger partial charge < -0.3 is 4.42 Å². The molecular weight excluding hydrogens is 238 g/mol. The van der Waals surface area contributed by atoms with Crippen LogP contribution in [0.5, 0.6) is 0 Å². The van der Waals surface area contributed by atoms with Gasteiger partial charge in [-0.3, -0.25) is 16.2 Å². The molecule has 1 aliphatic carbocycles. The number of piperidine rings is 1. The standard InChI is InChI=1S/C15H25N3O/c16-17-14(13-6-11-19-12-13)15(7-2-3-8-15)18-9-4-1-5-10-18/h6,11-12,14,17H,1-5,7-10,16H2. The molecule has 2 fully saturated rings. The van der Waals surface area contributed by atoms with Crippen LogP contribution in [-0.4, -0.2) is 23.5 Å². The van der Waals surface area contributed by atoms with Gasteiger partial charge in [-0.2, -0.15) is 0 Å². The molecule has 0 amide bonds. The fourth-order valence-electron chi connectivity index (χ4n) is 4.11. The molecule has 1 saturated heterocycles. The minimum Gasteiger partial charge on any atom is -0.472 e. The summed E-state index contributed by atoms with van der Waals surface area (Å²) in [6, 6.07) is 2.24. The van der Waals surface area contributed by atoms with Gasteiger partial charge in [-0.25, -0.2) is 0 Å². The Morgan fingerprint density at radius 1 is 1.16 bits per heavy atom. The van der Waals surface area contributed by atoms with E-state index in [1.165, 1.54) is 63.6 Å². The molecule has 3 N–H and O–H groups in total. The average Bonchev–Trinajstić information content (AvgIpc) is 3.13. The number of hydrazine groups is 1. The summed E-state index contributed by atoms with van der Waals surface area (Å²) in [7, 11) is 0. The van der Waals surface area contributed by atoms with E-state index in [0.717, 1.165) is 0 Å². The molecule has 1 aromatic heterocycles. The smallest absolute Gasteiger partial charge is 0.0951 e. The third-order valence-electron chi connectivity index (χ3n) is 5.04. The number of nitrogens with zero attached hydrogens (tertiary/aromatic N) is 1. The molecule has 1 aliphatic heterocycles. The molecule has 4 nitrogen and oxygen atoms in total. The zero-order valence-electron chi connectivity index (χ0n) is 11.6. The lowest BCUT2D eigenvalue weighted by Crippen LogP contribution is -2.57. The van der Waals surface area contributed by atoms with Gasteiger partial charge in [0.2, 0.25) is 0 Å². The Hall–Kier alpha value is -0.840. The SMILES string of the molecule is NNC(c1ccoc1)C1(N2CCCCC2)CCCC1. The van der Waals surface area contributed by atoms with E-state index in [2.05, 4.69) is 16.4 Å². The first-order valence-electron chi connectivity index (χ1n) is 7.60. The Kier molecular flexibility index (Phi) is 3.91. The Balaban J connectivity index is 1.89. The predicted molar refractivity (Wildman–Crippen MR) is 75.4 cm³/mol. The van der Waals surface area contributed by atoms with Crippen LogP contribution in [0, 0.1) is 0 Å². The monoisotopic (exact) mass is 263 g/mol. The molecule has 1 aromatic rings. The van der Waals surface area contributed by atoms with E-state index in [1.807, 2.05) is 6.26 Å². The molecule has 1 saturated carbocycles. The van der Waals surface area contributed by atoms with Crippen molar-refractivity contribution in [1.29, 1.82) is 0 Å². The van der Waals surface area contributed by atoms with Crippen molar-refractivity contribution in [2.24, 2.45) is 5.84 Å². The van der Waals surface area contributed by atoms with E-state index < -0.39 is 0 Å². The van der Waals surface area contributed by atoms with Crippen molar-refractivity contribution in [3.8, 4) is 0 Å². The van der Waals surface area contributed by atoms with Crippen molar-refractivity contribution < 1.29 is 4.42 Å². The Morgan fingerprint density at radius 2 is 1.89 bits per heavy atom. The first-order valence-corrected chi connectivity index (χ1v) is 7.60. The van der Waals surface area contributed by atoms with Crippen molar-refractivity contribution in [2.45, 2.75) is 56.5 Å².